The molecule has 2 nitrogen and oxygen atoms in total. The van der Waals surface area contributed by atoms with Crippen LogP contribution >= 0.6 is 0 Å². The van der Waals surface area contributed by atoms with Crippen LogP contribution in [0.2, 0.25) is 0 Å². The summed E-state index contributed by atoms with van der Waals surface area (Å²) in [4.78, 5) is 5.03. The van der Waals surface area contributed by atoms with Gasteiger partial charge in [0.2, 0.25) is 0 Å². The minimum atomic E-state index is 1.12. The molecule has 0 spiro atoms. The number of hydrogen-bond acceptors (Lipinski definition) is 1. The molecule has 0 aromatic carbocycles. The summed E-state index contributed by atoms with van der Waals surface area (Å²) in [5, 5.41) is 0. The van der Waals surface area contributed by atoms with Crippen LogP contribution in [0.25, 0.3) is 11.0 Å². The zero-order chi connectivity index (χ0) is 6.27. The van der Waals surface area contributed by atoms with Crippen molar-refractivity contribution in [2.45, 2.75) is 0 Å². The Bertz CT molecular complexity index is 251. The fourth-order valence-corrected chi connectivity index (χ4v) is 1.08. The van der Waals surface area contributed by atoms with Crippen molar-refractivity contribution >= 4 is 11.0 Å². The first-order valence-corrected chi connectivity index (χ1v) is 2.86. The Hall–Kier alpha value is -1.18. The van der Waals surface area contributed by atoms with E-state index in [4.69, 9.17) is 4.84 Å². The van der Waals surface area contributed by atoms with Gasteiger partial charge in [0.05, 0.1) is 11.0 Å². The van der Waals surface area contributed by atoms with Crippen LogP contribution in [0.1, 0.15) is 0 Å². The highest BCUT2D eigenvalue weighted by Gasteiger charge is 2.00. The second kappa shape index (κ2) is 1.41. The Morgan fingerprint density at radius 2 is 1.56 bits per heavy atom. The summed E-state index contributed by atoms with van der Waals surface area (Å²) >= 11 is 0. The maximum atomic E-state index is 5.03. The molecule has 9 heavy (non-hydrogen) atoms. The molecule has 2 rings (SSSR count). The molecule has 0 saturated heterocycles. The van der Waals surface area contributed by atoms with E-state index in [-0.39, 0.29) is 0 Å². The Morgan fingerprint density at radius 1 is 1.11 bits per heavy atom. The first-order valence-electron chi connectivity index (χ1n) is 2.86. The van der Waals surface area contributed by atoms with E-state index in [1.54, 1.807) is 11.8 Å². The molecule has 2 heterocycles. The zero-order valence-electron chi connectivity index (χ0n) is 5.16. The molecule has 0 aliphatic heterocycles. The monoisotopic (exact) mass is 121 g/mol. The third-order valence-corrected chi connectivity index (χ3v) is 1.50. The summed E-state index contributed by atoms with van der Waals surface area (Å²) in [6, 6.07) is 8.11. The van der Waals surface area contributed by atoms with Crippen molar-refractivity contribution in [3.8, 4) is 0 Å². The molecule has 0 amide bonds. The first kappa shape index (κ1) is 4.68. The second-order valence-corrected chi connectivity index (χ2v) is 1.99. The molecule has 0 N–H and O–H groups in total. The van der Waals surface area contributed by atoms with Crippen molar-refractivity contribution in [2.75, 3.05) is 7.11 Å². The van der Waals surface area contributed by atoms with E-state index < -0.39 is 0 Å². The average molecular weight is 121 g/mol. The third kappa shape index (κ3) is 0.447. The summed E-state index contributed by atoms with van der Waals surface area (Å²) in [7, 11) is 1.67. The van der Waals surface area contributed by atoms with Crippen molar-refractivity contribution in [3.05, 3.63) is 24.3 Å². The Balaban J connectivity index is 2.80. The van der Waals surface area contributed by atoms with Crippen molar-refractivity contribution in [1.82, 2.24) is 4.73 Å². The number of benzene rings is 1. The van der Waals surface area contributed by atoms with Gasteiger partial charge in [0.1, 0.15) is 7.11 Å². The molecule has 0 fully saturated rings. The number of nitrogens with zero attached hydrogens (tertiary/aromatic N) is 1. The van der Waals surface area contributed by atoms with Gasteiger partial charge in [-0.3, -0.25) is 0 Å². The topological polar surface area (TPSA) is 14.2 Å². The van der Waals surface area contributed by atoms with Crippen molar-refractivity contribution in [3.63, 3.8) is 0 Å². The number of rotatable bonds is 1. The van der Waals surface area contributed by atoms with Crippen LogP contribution in [0.5, 0.6) is 0 Å². The molecule has 0 aliphatic rings. The number of fused-ring (bicyclic) bond motifs is 2. The van der Waals surface area contributed by atoms with Crippen LogP contribution in [-0.4, -0.2) is 11.8 Å². The maximum absolute atomic E-state index is 5.03. The lowest BCUT2D eigenvalue weighted by Gasteiger charge is -1.97. The van der Waals surface area contributed by atoms with E-state index in [2.05, 4.69) is 0 Å². The van der Waals surface area contributed by atoms with Crippen LogP contribution in [0.3, 0.4) is 0 Å². The molecular formula is C7H7NO. The smallest absolute Gasteiger partial charge is 0.104 e. The fraction of sp³-hybridized carbons (Fsp3) is 0.143. The molecule has 0 radical (unpaired) electrons. The minimum Gasteiger partial charge on any atom is -0.417 e. The van der Waals surface area contributed by atoms with Crippen molar-refractivity contribution in [1.29, 1.82) is 0 Å². The van der Waals surface area contributed by atoms with Gasteiger partial charge < -0.3 is 4.84 Å². The van der Waals surface area contributed by atoms with E-state index >= 15 is 0 Å². The van der Waals surface area contributed by atoms with E-state index in [1.165, 1.54) is 0 Å². The lowest BCUT2D eigenvalue weighted by Crippen LogP contribution is -2.01. The predicted molar refractivity (Wildman–Crippen MR) is 35.6 cm³/mol. The fourth-order valence-electron chi connectivity index (χ4n) is 1.08. The van der Waals surface area contributed by atoms with Gasteiger partial charge >= 0.3 is 0 Å². The largest absolute Gasteiger partial charge is 0.417 e. The quantitative estimate of drug-likeness (QED) is 0.551. The van der Waals surface area contributed by atoms with Gasteiger partial charge in [-0.15, -0.1) is 0 Å². The number of aromatic nitrogens is 1. The van der Waals surface area contributed by atoms with Crippen LogP contribution in [0.4, 0.5) is 0 Å². The lowest BCUT2D eigenvalue weighted by molar-refractivity contribution is 0.191. The molecule has 0 aliphatic carbocycles. The summed E-state index contributed by atoms with van der Waals surface area (Å²) in [6.45, 7) is 0. The van der Waals surface area contributed by atoms with Gasteiger partial charge in [0.25, 0.3) is 0 Å². The van der Waals surface area contributed by atoms with Gasteiger partial charge in [0.15, 0.2) is 0 Å². The van der Waals surface area contributed by atoms with Gasteiger partial charge in [-0.25, -0.2) is 0 Å². The van der Waals surface area contributed by atoms with E-state index in [0.717, 1.165) is 11.0 Å². The maximum Gasteiger partial charge on any atom is 0.104 e. The lowest BCUT2D eigenvalue weighted by atomic mass is 10.4. The van der Waals surface area contributed by atoms with Crippen LogP contribution in [0, 0.1) is 0 Å². The normalized spacial score (nSPS) is 10.8. The van der Waals surface area contributed by atoms with E-state index in [9.17, 15) is 0 Å². The first-order chi connectivity index (χ1) is 4.42. The van der Waals surface area contributed by atoms with Crippen LogP contribution < -0.4 is 4.84 Å². The summed E-state index contributed by atoms with van der Waals surface area (Å²) < 4.78 is 1.79. The molecule has 46 valence electrons. The van der Waals surface area contributed by atoms with Gasteiger partial charge in [-0.1, -0.05) is 0 Å². The highest BCUT2D eigenvalue weighted by molar-refractivity contribution is 5.66. The van der Waals surface area contributed by atoms with E-state index in [1.807, 2.05) is 24.3 Å². The van der Waals surface area contributed by atoms with Crippen LogP contribution in [-0.2, 0) is 0 Å². The zero-order valence-corrected chi connectivity index (χ0v) is 5.16. The predicted octanol–water partition coefficient (Wildman–Crippen LogP) is 1.14. The molecule has 2 aromatic rings. The van der Waals surface area contributed by atoms with Gasteiger partial charge in [-0.2, -0.15) is 4.73 Å². The second-order valence-electron chi connectivity index (χ2n) is 1.99. The standard InChI is InChI=1S/C7H7NO/c1-9-8-6-2-3-7(8)5-4-6/h2-5H,1H3. The molecule has 2 bridgehead atoms. The Morgan fingerprint density at radius 3 is 1.78 bits per heavy atom. The Kier molecular flexibility index (Phi) is 0.730. The summed E-state index contributed by atoms with van der Waals surface area (Å²) in [5.74, 6) is 0. The molecule has 2 heteroatoms. The highest BCUT2D eigenvalue weighted by atomic mass is 16.6. The molecule has 0 atom stereocenters. The van der Waals surface area contributed by atoms with E-state index in [0.29, 0.717) is 0 Å². The molecule has 0 unspecified atom stereocenters. The summed E-state index contributed by atoms with van der Waals surface area (Å²) in [6.07, 6.45) is 0. The summed E-state index contributed by atoms with van der Waals surface area (Å²) in [5.41, 5.74) is 2.24. The third-order valence-electron chi connectivity index (χ3n) is 1.50. The average Bonchev–Trinajstić information content (AvgIpc) is 2.44. The molecule has 2 aromatic heterocycles. The minimum absolute atomic E-state index is 1.12. The highest BCUT2D eigenvalue weighted by Crippen LogP contribution is 2.13. The Labute approximate surface area is 52.9 Å². The SMILES string of the molecule is COn1c2ccc1cc2. The van der Waals surface area contributed by atoms with Crippen molar-refractivity contribution < 1.29 is 4.84 Å². The van der Waals surface area contributed by atoms with Crippen LogP contribution in [0.15, 0.2) is 24.3 Å². The van der Waals surface area contributed by atoms with Gasteiger partial charge in [-0.05, 0) is 24.3 Å². The molecule has 0 saturated carbocycles. The van der Waals surface area contributed by atoms with Gasteiger partial charge in [0, 0.05) is 0 Å². The van der Waals surface area contributed by atoms with Crippen molar-refractivity contribution in [2.24, 2.45) is 0 Å². The number of hydrogen-bond donors (Lipinski definition) is 0. The molecular weight excluding hydrogens is 114 g/mol.